The summed E-state index contributed by atoms with van der Waals surface area (Å²) in [5.74, 6) is 0. The Morgan fingerprint density at radius 1 is 1.28 bits per heavy atom. The van der Waals surface area contributed by atoms with Crippen molar-refractivity contribution >= 4 is 43.5 Å². The van der Waals surface area contributed by atoms with Gasteiger partial charge in [0.2, 0.25) is 0 Å². The van der Waals surface area contributed by atoms with Crippen LogP contribution in [0.2, 0.25) is 5.02 Å². The van der Waals surface area contributed by atoms with Gasteiger partial charge in [0.25, 0.3) is 0 Å². The highest BCUT2D eigenvalue weighted by atomic mass is 79.9. The molecule has 94 valence electrons. The van der Waals surface area contributed by atoms with Gasteiger partial charge in [-0.1, -0.05) is 29.8 Å². The maximum atomic E-state index is 6.18. The Labute approximate surface area is 128 Å². The van der Waals surface area contributed by atoms with Gasteiger partial charge in [-0.15, -0.1) is 0 Å². The first kappa shape index (κ1) is 14.0. The second-order valence-electron chi connectivity index (χ2n) is 3.92. The molecule has 0 amide bonds. The van der Waals surface area contributed by atoms with E-state index in [1.54, 1.807) is 6.20 Å². The summed E-state index contributed by atoms with van der Waals surface area (Å²) in [4.78, 5) is 4.34. The van der Waals surface area contributed by atoms with E-state index in [1.165, 1.54) is 0 Å². The standard InChI is InChI=1S/C13H11Br2ClN2/c14-9-6-10(15)13(18-7-9)12(17)5-8-3-1-2-4-11(8)16/h1-4,6-7,12H,5,17H2. The highest BCUT2D eigenvalue weighted by molar-refractivity contribution is 9.11. The smallest absolute Gasteiger partial charge is 0.0716 e. The summed E-state index contributed by atoms with van der Waals surface area (Å²) in [7, 11) is 0. The van der Waals surface area contributed by atoms with Crippen molar-refractivity contribution in [3.63, 3.8) is 0 Å². The normalized spacial score (nSPS) is 12.4. The molecule has 0 bridgehead atoms. The number of hydrogen-bond donors (Lipinski definition) is 1. The number of hydrogen-bond acceptors (Lipinski definition) is 2. The van der Waals surface area contributed by atoms with Crippen molar-refractivity contribution in [1.29, 1.82) is 0 Å². The van der Waals surface area contributed by atoms with Crippen LogP contribution in [0.25, 0.3) is 0 Å². The molecule has 5 heteroatoms. The number of pyridine rings is 1. The number of halogens is 3. The maximum absolute atomic E-state index is 6.18. The minimum Gasteiger partial charge on any atom is -0.322 e. The Morgan fingerprint density at radius 2 is 2.00 bits per heavy atom. The SMILES string of the molecule is NC(Cc1ccccc1Cl)c1ncc(Br)cc1Br. The van der Waals surface area contributed by atoms with Crippen LogP contribution in [0.15, 0.2) is 45.5 Å². The molecule has 0 aliphatic carbocycles. The van der Waals surface area contributed by atoms with Gasteiger partial charge in [0.1, 0.15) is 0 Å². The van der Waals surface area contributed by atoms with Crippen molar-refractivity contribution in [3.05, 3.63) is 61.8 Å². The van der Waals surface area contributed by atoms with Gasteiger partial charge in [-0.25, -0.2) is 0 Å². The topological polar surface area (TPSA) is 38.9 Å². The third-order valence-electron chi connectivity index (χ3n) is 2.59. The lowest BCUT2D eigenvalue weighted by Gasteiger charge is -2.14. The van der Waals surface area contributed by atoms with Crippen molar-refractivity contribution < 1.29 is 0 Å². The van der Waals surface area contributed by atoms with Gasteiger partial charge in [0.15, 0.2) is 0 Å². The average molecular weight is 391 g/mol. The Bertz CT molecular complexity index is 560. The fourth-order valence-electron chi connectivity index (χ4n) is 1.70. The Kier molecular flexibility index (Phi) is 4.78. The molecular weight excluding hydrogens is 379 g/mol. The third-order valence-corrected chi connectivity index (χ3v) is 4.02. The van der Waals surface area contributed by atoms with Gasteiger partial charge in [0.05, 0.1) is 11.7 Å². The fourth-order valence-corrected chi connectivity index (χ4v) is 3.19. The van der Waals surface area contributed by atoms with Crippen LogP contribution < -0.4 is 5.73 Å². The van der Waals surface area contributed by atoms with Crippen LogP contribution >= 0.6 is 43.5 Å². The van der Waals surface area contributed by atoms with Crippen LogP contribution in [0.5, 0.6) is 0 Å². The predicted octanol–water partition coefficient (Wildman–Crippen LogP) is 4.50. The van der Waals surface area contributed by atoms with Crippen molar-refractivity contribution in [1.82, 2.24) is 4.98 Å². The second-order valence-corrected chi connectivity index (χ2v) is 6.10. The van der Waals surface area contributed by atoms with Gasteiger partial charge in [-0.05, 0) is 56.0 Å². The first-order valence-corrected chi connectivity index (χ1v) is 7.34. The van der Waals surface area contributed by atoms with Gasteiger partial charge in [-0.2, -0.15) is 0 Å². The molecule has 2 rings (SSSR count). The number of aromatic nitrogens is 1. The van der Waals surface area contributed by atoms with Crippen molar-refractivity contribution in [3.8, 4) is 0 Å². The van der Waals surface area contributed by atoms with E-state index in [2.05, 4.69) is 36.8 Å². The molecule has 0 aliphatic heterocycles. The molecule has 2 nitrogen and oxygen atoms in total. The van der Waals surface area contributed by atoms with E-state index >= 15 is 0 Å². The van der Waals surface area contributed by atoms with Crippen LogP contribution in [-0.4, -0.2) is 4.98 Å². The molecule has 2 N–H and O–H groups in total. The van der Waals surface area contributed by atoms with Crippen LogP contribution in [-0.2, 0) is 6.42 Å². The molecule has 0 saturated heterocycles. The molecule has 1 aromatic heterocycles. The summed E-state index contributed by atoms with van der Waals surface area (Å²) in [6.45, 7) is 0. The number of nitrogens with two attached hydrogens (primary N) is 1. The molecule has 1 atom stereocenters. The van der Waals surface area contributed by atoms with E-state index in [4.69, 9.17) is 17.3 Å². The summed E-state index contributed by atoms with van der Waals surface area (Å²) in [6.07, 6.45) is 2.40. The van der Waals surface area contributed by atoms with E-state index in [9.17, 15) is 0 Å². The molecule has 1 unspecified atom stereocenters. The highest BCUT2D eigenvalue weighted by Crippen LogP contribution is 2.27. The minimum atomic E-state index is -0.188. The lowest BCUT2D eigenvalue weighted by molar-refractivity contribution is 0.692. The predicted molar refractivity (Wildman–Crippen MR) is 81.7 cm³/mol. The Hall–Kier alpha value is -0.420. The van der Waals surface area contributed by atoms with E-state index in [1.807, 2.05) is 30.3 Å². The number of nitrogens with zero attached hydrogens (tertiary/aromatic N) is 1. The second kappa shape index (κ2) is 6.15. The average Bonchev–Trinajstić information content (AvgIpc) is 2.32. The van der Waals surface area contributed by atoms with Gasteiger partial charge in [-0.3, -0.25) is 4.98 Å². The molecular formula is C13H11Br2ClN2. The van der Waals surface area contributed by atoms with Gasteiger partial charge >= 0.3 is 0 Å². The first-order chi connectivity index (χ1) is 8.58. The zero-order valence-electron chi connectivity index (χ0n) is 9.41. The zero-order valence-corrected chi connectivity index (χ0v) is 13.3. The molecule has 0 spiro atoms. The Balaban J connectivity index is 2.22. The van der Waals surface area contributed by atoms with E-state index < -0.39 is 0 Å². The first-order valence-electron chi connectivity index (χ1n) is 5.38. The molecule has 1 heterocycles. The van der Waals surface area contributed by atoms with Crippen molar-refractivity contribution in [2.24, 2.45) is 5.73 Å². The fraction of sp³-hybridized carbons (Fsp3) is 0.154. The third kappa shape index (κ3) is 3.32. The van der Waals surface area contributed by atoms with Crippen LogP contribution in [0, 0.1) is 0 Å². The molecule has 1 aromatic carbocycles. The van der Waals surface area contributed by atoms with E-state index in [-0.39, 0.29) is 6.04 Å². The van der Waals surface area contributed by atoms with Gasteiger partial charge < -0.3 is 5.73 Å². The van der Waals surface area contributed by atoms with Crippen LogP contribution in [0.3, 0.4) is 0 Å². The lowest BCUT2D eigenvalue weighted by atomic mass is 10.0. The van der Waals surface area contributed by atoms with Crippen molar-refractivity contribution in [2.75, 3.05) is 0 Å². The quantitative estimate of drug-likeness (QED) is 0.838. The molecule has 0 aliphatic rings. The summed E-state index contributed by atoms with van der Waals surface area (Å²) in [5, 5.41) is 0.737. The number of rotatable bonds is 3. The summed E-state index contributed by atoms with van der Waals surface area (Å²) in [6, 6.07) is 9.47. The maximum Gasteiger partial charge on any atom is 0.0716 e. The molecule has 0 fully saturated rings. The summed E-state index contributed by atoms with van der Waals surface area (Å²) >= 11 is 13.0. The Morgan fingerprint density at radius 3 is 2.67 bits per heavy atom. The monoisotopic (exact) mass is 388 g/mol. The molecule has 2 aromatic rings. The molecule has 18 heavy (non-hydrogen) atoms. The molecule has 0 radical (unpaired) electrons. The summed E-state index contributed by atoms with van der Waals surface area (Å²) < 4.78 is 1.82. The van der Waals surface area contributed by atoms with E-state index in [0.29, 0.717) is 6.42 Å². The zero-order chi connectivity index (χ0) is 13.1. The molecule has 0 saturated carbocycles. The van der Waals surface area contributed by atoms with Crippen LogP contribution in [0.1, 0.15) is 17.3 Å². The van der Waals surface area contributed by atoms with Crippen LogP contribution in [0.4, 0.5) is 0 Å². The number of benzene rings is 1. The lowest BCUT2D eigenvalue weighted by Crippen LogP contribution is -2.15. The van der Waals surface area contributed by atoms with Gasteiger partial charge in [0, 0.05) is 20.2 Å². The highest BCUT2D eigenvalue weighted by Gasteiger charge is 2.14. The van der Waals surface area contributed by atoms with E-state index in [0.717, 1.165) is 25.2 Å². The summed E-state index contributed by atoms with van der Waals surface area (Å²) in [5.41, 5.74) is 8.04. The van der Waals surface area contributed by atoms with Crippen molar-refractivity contribution in [2.45, 2.75) is 12.5 Å². The minimum absolute atomic E-state index is 0.188. The largest absolute Gasteiger partial charge is 0.322 e.